The average Bonchev–Trinajstić information content (AvgIpc) is 3.03. The van der Waals surface area contributed by atoms with Crippen LogP contribution in [0.3, 0.4) is 0 Å². The Balaban J connectivity index is 1.49. The topological polar surface area (TPSA) is 90.0 Å². The van der Waals surface area contributed by atoms with Gasteiger partial charge in [-0.1, -0.05) is 0 Å². The summed E-state index contributed by atoms with van der Waals surface area (Å²) in [5.41, 5.74) is 3.50. The number of anilines is 3. The molecule has 0 amide bonds. The molecule has 3 N–H and O–H groups in total. The van der Waals surface area contributed by atoms with Crippen LogP contribution in [0.2, 0.25) is 0 Å². The molecular weight excluding hydrogens is 292 g/mol. The number of nitrogens with zero attached hydrogens (tertiary/aromatic N) is 4. The molecule has 23 heavy (non-hydrogen) atoms. The lowest BCUT2D eigenvalue weighted by molar-refractivity contribution is 0.154. The maximum Gasteiger partial charge on any atom is 0.229 e. The number of H-pyrrole nitrogens is 1. The highest BCUT2D eigenvalue weighted by Gasteiger charge is 2.17. The second kappa shape index (κ2) is 5.85. The van der Waals surface area contributed by atoms with Gasteiger partial charge < -0.3 is 20.3 Å². The van der Waals surface area contributed by atoms with E-state index >= 15 is 0 Å². The fraction of sp³-hybridized carbons (Fsp3) is 0.312. The van der Waals surface area contributed by atoms with E-state index in [0.29, 0.717) is 18.1 Å². The van der Waals surface area contributed by atoms with Crippen molar-refractivity contribution >= 4 is 28.5 Å². The first kappa shape index (κ1) is 14.0. The van der Waals surface area contributed by atoms with Gasteiger partial charge in [-0.2, -0.15) is 4.98 Å². The van der Waals surface area contributed by atoms with Gasteiger partial charge in [0.05, 0.1) is 18.6 Å². The molecule has 3 aromatic rings. The fourth-order valence-electron chi connectivity index (χ4n) is 2.87. The van der Waals surface area contributed by atoms with Crippen molar-refractivity contribution in [2.75, 3.05) is 23.3 Å². The molecule has 1 aromatic carbocycles. The Hall–Kier alpha value is -2.67. The third-order valence-electron chi connectivity index (χ3n) is 4.06. The van der Waals surface area contributed by atoms with Gasteiger partial charge in [-0.05, 0) is 37.1 Å². The number of aromatic amines is 1. The molecule has 1 aliphatic rings. The van der Waals surface area contributed by atoms with E-state index in [1.165, 1.54) is 0 Å². The SMILES string of the molecule is OC1CCCN(c2ccc(Nc3ncc4nc[nH]c4n3)cc2)C1. The maximum absolute atomic E-state index is 9.78. The van der Waals surface area contributed by atoms with Gasteiger partial charge in [0.1, 0.15) is 5.52 Å². The maximum atomic E-state index is 9.78. The lowest BCUT2D eigenvalue weighted by Crippen LogP contribution is -2.38. The van der Waals surface area contributed by atoms with Crippen LogP contribution in [0, 0.1) is 0 Å². The third kappa shape index (κ3) is 2.95. The molecule has 1 saturated heterocycles. The molecule has 1 aliphatic heterocycles. The summed E-state index contributed by atoms with van der Waals surface area (Å²) in [6.07, 6.45) is 4.98. The van der Waals surface area contributed by atoms with Gasteiger partial charge in [-0.3, -0.25) is 0 Å². The van der Waals surface area contributed by atoms with Crippen molar-refractivity contribution in [2.24, 2.45) is 0 Å². The smallest absolute Gasteiger partial charge is 0.229 e. The predicted molar refractivity (Wildman–Crippen MR) is 88.9 cm³/mol. The van der Waals surface area contributed by atoms with Crippen molar-refractivity contribution < 1.29 is 5.11 Å². The lowest BCUT2D eigenvalue weighted by atomic mass is 10.1. The average molecular weight is 310 g/mol. The number of hydrogen-bond acceptors (Lipinski definition) is 6. The predicted octanol–water partition coefficient (Wildman–Crippen LogP) is 2.06. The number of aliphatic hydroxyl groups is 1. The molecule has 7 nitrogen and oxygen atoms in total. The highest BCUT2D eigenvalue weighted by molar-refractivity contribution is 5.71. The summed E-state index contributed by atoms with van der Waals surface area (Å²) in [5.74, 6) is 0.530. The van der Waals surface area contributed by atoms with Crippen molar-refractivity contribution in [1.82, 2.24) is 19.9 Å². The van der Waals surface area contributed by atoms with E-state index in [2.05, 4.69) is 42.3 Å². The Morgan fingerprint density at radius 3 is 2.91 bits per heavy atom. The van der Waals surface area contributed by atoms with Crippen LogP contribution in [0.25, 0.3) is 11.2 Å². The molecule has 3 heterocycles. The number of nitrogens with one attached hydrogen (secondary N) is 2. The zero-order valence-electron chi connectivity index (χ0n) is 12.6. The van der Waals surface area contributed by atoms with Gasteiger partial charge in [0, 0.05) is 24.5 Å². The van der Waals surface area contributed by atoms with E-state index in [0.717, 1.165) is 36.3 Å². The van der Waals surface area contributed by atoms with Crippen LogP contribution < -0.4 is 10.2 Å². The number of hydrogen-bond donors (Lipinski definition) is 3. The highest BCUT2D eigenvalue weighted by Crippen LogP contribution is 2.23. The van der Waals surface area contributed by atoms with Gasteiger partial charge in [0.25, 0.3) is 0 Å². The van der Waals surface area contributed by atoms with E-state index in [-0.39, 0.29) is 6.10 Å². The van der Waals surface area contributed by atoms with E-state index in [4.69, 9.17) is 0 Å². The number of β-amino-alcohol motifs (C(OH)–C–C–N with tert-alkyl or cyclic N) is 1. The lowest BCUT2D eigenvalue weighted by Gasteiger charge is -2.32. The minimum atomic E-state index is -0.226. The van der Waals surface area contributed by atoms with Crippen LogP contribution in [0.4, 0.5) is 17.3 Å². The Labute approximate surface area is 133 Å². The molecule has 1 unspecified atom stereocenters. The zero-order chi connectivity index (χ0) is 15.6. The molecule has 0 spiro atoms. The largest absolute Gasteiger partial charge is 0.391 e. The zero-order valence-corrected chi connectivity index (χ0v) is 12.6. The summed E-state index contributed by atoms with van der Waals surface area (Å²) in [5, 5.41) is 13.0. The number of piperidine rings is 1. The minimum absolute atomic E-state index is 0.226. The van der Waals surface area contributed by atoms with E-state index in [9.17, 15) is 5.11 Å². The first-order valence-corrected chi connectivity index (χ1v) is 7.74. The summed E-state index contributed by atoms with van der Waals surface area (Å²) >= 11 is 0. The summed E-state index contributed by atoms with van der Waals surface area (Å²) in [6, 6.07) is 8.10. The summed E-state index contributed by atoms with van der Waals surface area (Å²) in [7, 11) is 0. The summed E-state index contributed by atoms with van der Waals surface area (Å²) < 4.78 is 0. The fourth-order valence-corrected chi connectivity index (χ4v) is 2.87. The highest BCUT2D eigenvalue weighted by atomic mass is 16.3. The van der Waals surface area contributed by atoms with Gasteiger partial charge in [-0.25, -0.2) is 9.97 Å². The molecule has 118 valence electrons. The van der Waals surface area contributed by atoms with Crippen molar-refractivity contribution in [3.05, 3.63) is 36.8 Å². The number of aliphatic hydroxyl groups excluding tert-OH is 1. The van der Waals surface area contributed by atoms with Gasteiger partial charge in [0.15, 0.2) is 5.65 Å². The van der Waals surface area contributed by atoms with Crippen molar-refractivity contribution in [1.29, 1.82) is 0 Å². The van der Waals surface area contributed by atoms with E-state index < -0.39 is 0 Å². The van der Waals surface area contributed by atoms with Crippen LogP contribution in [-0.4, -0.2) is 44.2 Å². The Bertz CT molecular complexity index is 800. The minimum Gasteiger partial charge on any atom is -0.391 e. The van der Waals surface area contributed by atoms with Crippen LogP contribution in [0.1, 0.15) is 12.8 Å². The Morgan fingerprint density at radius 2 is 2.09 bits per heavy atom. The normalized spacial score (nSPS) is 18.3. The number of benzene rings is 1. The molecule has 0 radical (unpaired) electrons. The summed E-state index contributed by atoms with van der Waals surface area (Å²) in [6.45, 7) is 1.69. The number of fused-ring (bicyclic) bond motifs is 1. The molecule has 0 saturated carbocycles. The van der Waals surface area contributed by atoms with Crippen molar-refractivity contribution in [3.63, 3.8) is 0 Å². The molecule has 1 fully saturated rings. The standard InChI is InChI=1S/C16H18N6O/c23-13-2-1-7-22(9-13)12-5-3-11(4-6-12)20-16-17-8-14-15(21-16)19-10-18-14/h3-6,8,10,13,23H,1-2,7,9H2,(H2,17,18,19,20,21). The van der Waals surface area contributed by atoms with Crippen LogP contribution in [0.15, 0.2) is 36.8 Å². The van der Waals surface area contributed by atoms with Crippen LogP contribution in [0.5, 0.6) is 0 Å². The van der Waals surface area contributed by atoms with Crippen LogP contribution in [-0.2, 0) is 0 Å². The summed E-state index contributed by atoms with van der Waals surface area (Å²) in [4.78, 5) is 17.9. The molecule has 1 atom stereocenters. The van der Waals surface area contributed by atoms with Gasteiger partial charge in [0.2, 0.25) is 5.95 Å². The van der Waals surface area contributed by atoms with Gasteiger partial charge in [-0.15, -0.1) is 0 Å². The Kier molecular flexibility index (Phi) is 3.55. The molecule has 4 rings (SSSR count). The second-order valence-electron chi connectivity index (χ2n) is 5.74. The molecule has 7 heteroatoms. The van der Waals surface area contributed by atoms with Crippen LogP contribution >= 0.6 is 0 Å². The number of aromatic nitrogens is 4. The molecule has 0 bridgehead atoms. The molecule has 0 aliphatic carbocycles. The number of imidazole rings is 1. The van der Waals surface area contributed by atoms with Gasteiger partial charge >= 0.3 is 0 Å². The third-order valence-corrected chi connectivity index (χ3v) is 4.06. The Morgan fingerprint density at radius 1 is 1.22 bits per heavy atom. The first-order valence-electron chi connectivity index (χ1n) is 7.74. The molecular formula is C16H18N6O. The van der Waals surface area contributed by atoms with E-state index in [1.807, 2.05) is 12.1 Å². The van der Waals surface area contributed by atoms with Crippen molar-refractivity contribution in [2.45, 2.75) is 18.9 Å². The van der Waals surface area contributed by atoms with Crippen molar-refractivity contribution in [3.8, 4) is 0 Å². The molecule has 2 aromatic heterocycles. The van der Waals surface area contributed by atoms with E-state index in [1.54, 1.807) is 12.5 Å². The second-order valence-corrected chi connectivity index (χ2v) is 5.74. The number of rotatable bonds is 3. The quantitative estimate of drug-likeness (QED) is 0.686. The monoisotopic (exact) mass is 310 g/mol. The first-order chi connectivity index (χ1) is 11.3.